The number of hydrogen-bond donors (Lipinski definition) is 1. The van der Waals surface area contributed by atoms with E-state index < -0.39 is 0 Å². The Bertz CT molecular complexity index is 879. The monoisotopic (exact) mass is 382 g/mol. The standard InChI is InChI=1S/C22H30N4O2/c27-20(16-26-19-10-4-3-9-18(19)23-15-21(26)28)24-17-22(11-5-1-6-12-22)25-13-7-2-8-14-25/h3-4,9-10,15H,1-2,5-8,11-14,16-17H2,(H,24,27). The summed E-state index contributed by atoms with van der Waals surface area (Å²) >= 11 is 0. The van der Waals surface area contributed by atoms with Crippen LogP contribution in [0.2, 0.25) is 0 Å². The summed E-state index contributed by atoms with van der Waals surface area (Å²) in [5.41, 5.74) is 1.29. The van der Waals surface area contributed by atoms with Gasteiger partial charge in [-0.1, -0.05) is 37.8 Å². The van der Waals surface area contributed by atoms with Gasteiger partial charge in [-0.15, -0.1) is 0 Å². The molecule has 1 aliphatic carbocycles. The fourth-order valence-electron chi connectivity index (χ4n) is 4.92. The number of nitrogens with one attached hydrogen (secondary N) is 1. The van der Waals surface area contributed by atoms with Crippen LogP contribution in [0.15, 0.2) is 35.3 Å². The van der Waals surface area contributed by atoms with E-state index in [4.69, 9.17) is 0 Å². The number of likely N-dealkylation sites (tertiary alicyclic amines) is 1. The van der Waals surface area contributed by atoms with Crippen molar-refractivity contribution in [3.8, 4) is 0 Å². The molecule has 2 aliphatic rings. The molecule has 2 heterocycles. The predicted octanol–water partition coefficient (Wildman–Crippen LogP) is 2.70. The van der Waals surface area contributed by atoms with Crippen LogP contribution in [0.4, 0.5) is 0 Å². The molecule has 0 spiro atoms. The van der Waals surface area contributed by atoms with Crippen molar-refractivity contribution < 1.29 is 4.79 Å². The first kappa shape index (κ1) is 19.1. The van der Waals surface area contributed by atoms with Crippen molar-refractivity contribution >= 4 is 16.9 Å². The Kier molecular flexibility index (Phi) is 5.76. The van der Waals surface area contributed by atoms with Gasteiger partial charge in [-0.3, -0.25) is 19.1 Å². The summed E-state index contributed by atoms with van der Waals surface area (Å²) in [4.78, 5) is 31.9. The van der Waals surface area contributed by atoms with Crippen molar-refractivity contribution in [3.63, 3.8) is 0 Å². The fourth-order valence-corrected chi connectivity index (χ4v) is 4.92. The van der Waals surface area contributed by atoms with Crippen molar-refractivity contribution in [1.82, 2.24) is 19.8 Å². The molecule has 0 atom stereocenters. The lowest BCUT2D eigenvalue weighted by atomic mass is 9.79. The third kappa shape index (κ3) is 3.97. The minimum Gasteiger partial charge on any atom is -0.353 e. The molecule has 2 fully saturated rings. The fraction of sp³-hybridized carbons (Fsp3) is 0.591. The van der Waals surface area contributed by atoms with Crippen LogP contribution in [0.3, 0.4) is 0 Å². The largest absolute Gasteiger partial charge is 0.353 e. The quantitative estimate of drug-likeness (QED) is 0.863. The third-order valence-electron chi connectivity index (χ3n) is 6.48. The summed E-state index contributed by atoms with van der Waals surface area (Å²) in [6, 6.07) is 7.45. The van der Waals surface area contributed by atoms with Gasteiger partial charge in [-0.05, 0) is 50.9 Å². The highest BCUT2D eigenvalue weighted by Crippen LogP contribution is 2.35. The van der Waals surface area contributed by atoms with Gasteiger partial charge in [0.05, 0.1) is 17.2 Å². The molecule has 1 N–H and O–H groups in total. The van der Waals surface area contributed by atoms with Crippen LogP contribution in [-0.4, -0.2) is 45.5 Å². The molecule has 0 unspecified atom stereocenters. The molecule has 2 aromatic rings. The maximum atomic E-state index is 12.8. The van der Waals surface area contributed by atoms with Crippen molar-refractivity contribution in [3.05, 3.63) is 40.8 Å². The topological polar surface area (TPSA) is 67.2 Å². The van der Waals surface area contributed by atoms with Crippen molar-refractivity contribution in [2.45, 2.75) is 63.5 Å². The van der Waals surface area contributed by atoms with Crippen LogP contribution in [0.25, 0.3) is 11.0 Å². The summed E-state index contributed by atoms with van der Waals surface area (Å²) in [6.45, 7) is 3.01. The van der Waals surface area contributed by atoms with Crippen LogP contribution in [0, 0.1) is 0 Å². The van der Waals surface area contributed by atoms with Gasteiger partial charge in [0.15, 0.2) is 0 Å². The third-order valence-corrected chi connectivity index (χ3v) is 6.48. The Labute approximate surface area is 165 Å². The van der Waals surface area contributed by atoms with Gasteiger partial charge in [0, 0.05) is 12.1 Å². The zero-order valence-corrected chi connectivity index (χ0v) is 16.5. The van der Waals surface area contributed by atoms with Gasteiger partial charge in [-0.2, -0.15) is 0 Å². The summed E-state index contributed by atoms with van der Waals surface area (Å²) in [7, 11) is 0. The Morgan fingerprint density at radius 3 is 2.54 bits per heavy atom. The number of piperidine rings is 1. The van der Waals surface area contributed by atoms with Gasteiger partial charge in [0.2, 0.25) is 5.91 Å². The van der Waals surface area contributed by atoms with E-state index in [-0.39, 0.29) is 23.6 Å². The molecule has 150 valence electrons. The molecule has 1 amide bonds. The lowest BCUT2D eigenvalue weighted by Gasteiger charge is -2.48. The van der Waals surface area contributed by atoms with Gasteiger partial charge in [0.1, 0.15) is 6.54 Å². The van der Waals surface area contributed by atoms with Crippen molar-refractivity contribution in [2.75, 3.05) is 19.6 Å². The first-order valence-corrected chi connectivity index (χ1v) is 10.6. The maximum Gasteiger partial charge on any atom is 0.269 e. The number of carbonyl (C=O) groups excluding carboxylic acids is 1. The van der Waals surface area contributed by atoms with E-state index in [0.717, 1.165) is 31.4 Å². The molecule has 6 nitrogen and oxygen atoms in total. The van der Waals surface area contributed by atoms with E-state index in [1.807, 2.05) is 24.3 Å². The second-order valence-electron chi connectivity index (χ2n) is 8.28. The van der Waals surface area contributed by atoms with Gasteiger partial charge in [0.25, 0.3) is 5.56 Å². The highest BCUT2D eigenvalue weighted by Gasteiger charge is 2.38. The van der Waals surface area contributed by atoms with Crippen LogP contribution < -0.4 is 10.9 Å². The van der Waals surface area contributed by atoms with Gasteiger partial charge >= 0.3 is 0 Å². The first-order valence-electron chi connectivity index (χ1n) is 10.6. The van der Waals surface area contributed by atoms with E-state index in [9.17, 15) is 9.59 Å². The second-order valence-corrected chi connectivity index (χ2v) is 8.28. The molecule has 1 aliphatic heterocycles. The minimum absolute atomic E-state index is 0.0396. The Hall–Kier alpha value is -2.21. The molecular formula is C22H30N4O2. The van der Waals surface area contributed by atoms with E-state index in [2.05, 4.69) is 15.2 Å². The molecule has 28 heavy (non-hydrogen) atoms. The minimum atomic E-state index is -0.239. The summed E-state index contributed by atoms with van der Waals surface area (Å²) in [5, 5.41) is 3.17. The molecular weight excluding hydrogens is 352 g/mol. The number of carbonyl (C=O) groups is 1. The average molecular weight is 383 g/mol. The van der Waals surface area contributed by atoms with Crippen LogP contribution in [-0.2, 0) is 11.3 Å². The highest BCUT2D eigenvalue weighted by molar-refractivity contribution is 5.80. The lowest BCUT2D eigenvalue weighted by Crippen LogP contribution is -2.58. The molecule has 4 rings (SSSR count). The van der Waals surface area contributed by atoms with E-state index in [1.165, 1.54) is 49.3 Å². The van der Waals surface area contributed by atoms with Crippen LogP contribution in [0.5, 0.6) is 0 Å². The van der Waals surface area contributed by atoms with E-state index in [0.29, 0.717) is 12.1 Å². The number of rotatable bonds is 5. The number of nitrogens with zero attached hydrogens (tertiary/aromatic N) is 3. The molecule has 1 saturated heterocycles. The average Bonchev–Trinajstić information content (AvgIpc) is 2.76. The lowest BCUT2D eigenvalue weighted by molar-refractivity contribution is -0.122. The van der Waals surface area contributed by atoms with Gasteiger partial charge in [-0.25, -0.2) is 4.98 Å². The van der Waals surface area contributed by atoms with Crippen molar-refractivity contribution in [2.24, 2.45) is 0 Å². The summed E-state index contributed by atoms with van der Waals surface area (Å²) < 4.78 is 1.52. The highest BCUT2D eigenvalue weighted by atomic mass is 16.2. The zero-order valence-electron chi connectivity index (χ0n) is 16.5. The molecule has 1 aromatic heterocycles. The predicted molar refractivity (Wildman–Crippen MR) is 110 cm³/mol. The molecule has 6 heteroatoms. The van der Waals surface area contributed by atoms with E-state index >= 15 is 0 Å². The van der Waals surface area contributed by atoms with Crippen molar-refractivity contribution in [1.29, 1.82) is 0 Å². The molecule has 1 aromatic carbocycles. The molecule has 0 bridgehead atoms. The number of fused-ring (bicyclic) bond motifs is 1. The van der Waals surface area contributed by atoms with Crippen LogP contribution in [0.1, 0.15) is 51.4 Å². The summed E-state index contributed by atoms with van der Waals surface area (Å²) in [5.74, 6) is -0.0968. The number of para-hydroxylation sites is 2. The Morgan fingerprint density at radius 1 is 1.04 bits per heavy atom. The first-order chi connectivity index (χ1) is 13.7. The smallest absolute Gasteiger partial charge is 0.269 e. The SMILES string of the molecule is O=C(Cn1c(=O)cnc2ccccc21)NCC1(N2CCCCC2)CCCCC1. The number of amides is 1. The number of aromatic nitrogens is 2. The zero-order chi connectivity index (χ0) is 19.4. The Morgan fingerprint density at radius 2 is 1.75 bits per heavy atom. The summed E-state index contributed by atoms with van der Waals surface area (Å²) in [6.07, 6.45) is 11.2. The molecule has 1 saturated carbocycles. The second kappa shape index (κ2) is 8.43. The van der Waals surface area contributed by atoms with E-state index in [1.54, 1.807) is 0 Å². The Balaban J connectivity index is 1.47. The molecule has 0 radical (unpaired) electrons. The van der Waals surface area contributed by atoms with Crippen LogP contribution >= 0.6 is 0 Å². The maximum absolute atomic E-state index is 12.8. The number of benzene rings is 1. The number of hydrogen-bond acceptors (Lipinski definition) is 4. The normalized spacial score (nSPS) is 20.1. The van der Waals surface area contributed by atoms with Gasteiger partial charge < -0.3 is 5.32 Å².